The Bertz CT molecular complexity index is 923. The predicted molar refractivity (Wildman–Crippen MR) is 114 cm³/mol. The maximum Gasteiger partial charge on any atom is 0.321 e. The normalized spacial score (nSPS) is 13.4. The fourth-order valence-corrected chi connectivity index (χ4v) is 3.01. The minimum absolute atomic E-state index is 0.178. The van der Waals surface area contributed by atoms with Crippen molar-refractivity contribution in [2.75, 3.05) is 32.1 Å². The summed E-state index contributed by atoms with van der Waals surface area (Å²) in [5, 5.41) is 9.53. The van der Waals surface area contributed by atoms with Gasteiger partial charge < -0.3 is 25.1 Å². The molecule has 1 aliphatic heterocycles. The third-order valence-electron chi connectivity index (χ3n) is 4.74. The van der Waals surface area contributed by atoms with E-state index in [4.69, 9.17) is 9.57 Å². The van der Waals surface area contributed by atoms with Gasteiger partial charge in [-0.2, -0.15) is 0 Å². The zero-order valence-electron chi connectivity index (χ0n) is 17.3. The van der Waals surface area contributed by atoms with Crippen molar-refractivity contribution in [3.05, 3.63) is 59.9 Å². The van der Waals surface area contributed by atoms with Crippen molar-refractivity contribution in [3.8, 4) is 5.75 Å². The largest absolute Gasteiger partial charge is 0.497 e. The number of anilines is 1. The van der Waals surface area contributed by atoms with Crippen LogP contribution in [0.25, 0.3) is 0 Å². The van der Waals surface area contributed by atoms with Crippen LogP contribution >= 0.6 is 0 Å². The van der Waals surface area contributed by atoms with E-state index >= 15 is 0 Å². The zero-order valence-corrected chi connectivity index (χ0v) is 17.3. The van der Waals surface area contributed by atoms with Crippen molar-refractivity contribution in [1.29, 1.82) is 0 Å². The lowest BCUT2D eigenvalue weighted by atomic mass is 10.1. The molecule has 2 aromatic carbocycles. The predicted octanol–water partition coefficient (Wildman–Crippen LogP) is 3.15. The Kier molecular flexibility index (Phi) is 7.80. The molecule has 8 nitrogen and oxygen atoms in total. The molecule has 0 saturated carbocycles. The Labute approximate surface area is 180 Å². The highest BCUT2D eigenvalue weighted by atomic mass is 19.1. The van der Waals surface area contributed by atoms with E-state index in [-0.39, 0.29) is 24.4 Å². The van der Waals surface area contributed by atoms with E-state index in [0.29, 0.717) is 38.2 Å². The molecule has 31 heavy (non-hydrogen) atoms. The fourth-order valence-electron chi connectivity index (χ4n) is 3.01. The molecular formula is C22H25FN4O4. The molecule has 3 rings (SSSR count). The lowest BCUT2D eigenvalue weighted by molar-refractivity contribution is -0.125. The molecule has 3 amide bonds. The molecule has 0 spiro atoms. The molecule has 9 heteroatoms. The molecular weight excluding hydrogens is 403 g/mol. The summed E-state index contributed by atoms with van der Waals surface area (Å²) in [6.07, 6.45) is 1.12. The number of carbonyl (C=O) groups is 2. The number of nitrogens with zero attached hydrogens (tertiary/aromatic N) is 2. The Hall–Kier alpha value is -3.62. The van der Waals surface area contributed by atoms with Crippen molar-refractivity contribution in [1.82, 2.24) is 10.2 Å². The number of ether oxygens (including phenoxy) is 1. The number of amides is 3. The van der Waals surface area contributed by atoms with Gasteiger partial charge in [-0.3, -0.25) is 4.79 Å². The van der Waals surface area contributed by atoms with Gasteiger partial charge >= 0.3 is 6.03 Å². The average Bonchev–Trinajstić information content (AvgIpc) is 2.80. The number of piperidine rings is 1. The van der Waals surface area contributed by atoms with Gasteiger partial charge in [0.25, 0.3) is 5.91 Å². The standard InChI is InChI=1S/C22H25FN4O4/c1-30-20-4-2-3-16(13-20)14-24-21(28)15-31-26-19-9-11-27(12-10-19)22(29)25-18-7-5-17(23)6-8-18/h2-8,13H,9-12,14-15H2,1H3,(H,24,28)(H,25,29). The highest BCUT2D eigenvalue weighted by molar-refractivity contribution is 5.92. The molecule has 0 atom stereocenters. The van der Waals surface area contributed by atoms with Gasteiger partial charge in [0, 0.05) is 38.2 Å². The number of carbonyl (C=O) groups excluding carboxylic acids is 2. The number of hydrogen-bond acceptors (Lipinski definition) is 5. The minimum Gasteiger partial charge on any atom is -0.497 e. The summed E-state index contributed by atoms with van der Waals surface area (Å²) >= 11 is 0. The number of methoxy groups -OCH3 is 1. The van der Waals surface area contributed by atoms with E-state index < -0.39 is 0 Å². The van der Waals surface area contributed by atoms with Gasteiger partial charge in [0.1, 0.15) is 11.6 Å². The van der Waals surface area contributed by atoms with Crippen molar-refractivity contribution < 1.29 is 23.6 Å². The molecule has 1 saturated heterocycles. The van der Waals surface area contributed by atoms with Gasteiger partial charge in [-0.15, -0.1) is 0 Å². The van der Waals surface area contributed by atoms with Gasteiger partial charge in [-0.25, -0.2) is 9.18 Å². The number of hydrogen-bond donors (Lipinski definition) is 2. The second kappa shape index (κ2) is 11.0. The van der Waals surface area contributed by atoms with Crippen molar-refractivity contribution >= 4 is 23.3 Å². The van der Waals surface area contributed by atoms with Crippen LogP contribution in [-0.4, -0.2) is 49.4 Å². The van der Waals surface area contributed by atoms with Gasteiger partial charge in [-0.1, -0.05) is 17.3 Å². The first-order valence-electron chi connectivity index (χ1n) is 9.92. The molecule has 0 bridgehead atoms. The van der Waals surface area contributed by atoms with Crippen LogP contribution in [0.4, 0.5) is 14.9 Å². The van der Waals surface area contributed by atoms with Crippen molar-refractivity contribution in [2.45, 2.75) is 19.4 Å². The Morgan fingerprint density at radius 1 is 1.13 bits per heavy atom. The molecule has 0 aliphatic carbocycles. The van der Waals surface area contributed by atoms with Crippen LogP contribution in [0.15, 0.2) is 53.7 Å². The average molecular weight is 428 g/mol. The Morgan fingerprint density at radius 3 is 2.58 bits per heavy atom. The maximum atomic E-state index is 12.9. The summed E-state index contributed by atoms with van der Waals surface area (Å²) in [7, 11) is 1.59. The molecule has 1 heterocycles. The van der Waals surface area contributed by atoms with Crippen LogP contribution < -0.4 is 15.4 Å². The number of halogens is 1. The quantitative estimate of drug-likeness (QED) is 0.663. The van der Waals surface area contributed by atoms with E-state index in [9.17, 15) is 14.0 Å². The molecule has 0 radical (unpaired) electrons. The van der Waals surface area contributed by atoms with Crippen LogP contribution in [-0.2, 0) is 16.2 Å². The van der Waals surface area contributed by atoms with Crippen molar-refractivity contribution in [2.24, 2.45) is 5.16 Å². The van der Waals surface area contributed by atoms with Crippen LogP contribution in [0.2, 0.25) is 0 Å². The number of nitrogens with one attached hydrogen (secondary N) is 2. The molecule has 1 aliphatic rings. The number of benzene rings is 2. The first-order valence-corrected chi connectivity index (χ1v) is 9.92. The number of oxime groups is 1. The molecule has 164 valence electrons. The fraction of sp³-hybridized carbons (Fsp3) is 0.318. The number of rotatable bonds is 7. The number of urea groups is 1. The second-order valence-electron chi connectivity index (χ2n) is 6.98. The monoisotopic (exact) mass is 428 g/mol. The van der Waals surface area contributed by atoms with E-state index in [1.54, 1.807) is 12.0 Å². The van der Waals surface area contributed by atoms with Crippen LogP contribution in [0.1, 0.15) is 18.4 Å². The van der Waals surface area contributed by atoms with Crippen molar-refractivity contribution in [3.63, 3.8) is 0 Å². The first-order chi connectivity index (χ1) is 15.0. The topological polar surface area (TPSA) is 92.3 Å². The molecule has 1 fully saturated rings. The summed E-state index contributed by atoms with van der Waals surface area (Å²) in [5.74, 6) is 0.0983. The van der Waals surface area contributed by atoms with Crippen LogP contribution in [0, 0.1) is 5.82 Å². The van der Waals surface area contributed by atoms with E-state index in [2.05, 4.69) is 15.8 Å². The highest BCUT2D eigenvalue weighted by Gasteiger charge is 2.20. The second-order valence-corrected chi connectivity index (χ2v) is 6.98. The zero-order chi connectivity index (χ0) is 22.1. The van der Waals surface area contributed by atoms with Gasteiger partial charge in [0.15, 0.2) is 6.61 Å². The van der Waals surface area contributed by atoms with Crippen LogP contribution in [0.3, 0.4) is 0 Å². The minimum atomic E-state index is -0.356. The molecule has 2 N–H and O–H groups in total. The summed E-state index contributed by atoms with van der Waals surface area (Å²) < 4.78 is 18.1. The summed E-state index contributed by atoms with van der Waals surface area (Å²) in [4.78, 5) is 31.0. The first kappa shape index (κ1) is 22.1. The number of likely N-dealkylation sites (tertiary alicyclic amines) is 1. The molecule has 2 aromatic rings. The van der Waals surface area contributed by atoms with Gasteiger partial charge in [-0.05, 0) is 42.0 Å². The Balaban J connectivity index is 1.35. The third-order valence-corrected chi connectivity index (χ3v) is 4.74. The van der Waals surface area contributed by atoms with E-state index in [1.807, 2.05) is 24.3 Å². The van der Waals surface area contributed by atoms with Crippen LogP contribution in [0.5, 0.6) is 5.75 Å². The summed E-state index contributed by atoms with van der Waals surface area (Å²) in [6, 6.07) is 12.8. The smallest absolute Gasteiger partial charge is 0.321 e. The lowest BCUT2D eigenvalue weighted by Crippen LogP contribution is -2.41. The maximum absolute atomic E-state index is 12.9. The molecule has 0 aromatic heterocycles. The highest BCUT2D eigenvalue weighted by Crippen LogP contribution is 2.13. The summed E-state index contributed by atoms with van der Waals surface area (Å²) in [5.41, 5.74) is 2.26. The third kappa shape index (κ3) is 6.98. The van der Waals surface area contributed by atoms with E-state index in [0.717, 1.165) is 17.0 Å². The summed E-state index contributed by atoms with van der Waals surface area (Å²) in [6.45, 7) is 1.16. The molecule has 0 unspecified atom stereocenters. The SMILES string of the molecule is COc1cccc(CNC(=O)CON=C2CCN(C(=O)Nc3ccc(F)cc3)CC2)c1. The van der Waals surface area contributed by atoms with E-state index in [1.165, 1.54) is 24.3 Å². The Morgan fingerprint density at radius 2 is 1.87 bits per heavy atom. The van der Waals surface area contributed by atoms with Gasteiger partial charge in [0.05, 0.1) is 12.8 Å². The van der Waals surface area contributed by atoms with Gasteiger partial charge in [0.2, 0.25) is 0 Å². The lowest BCUT2D eigenvalue weighted by Gasteiger charge is -2.27.